The summed E-state index contributed by atoms with van der Waals surface area (Å²) >= 11 is 0. The van der Waals surface area contributed by atoms with Crippen LogP contribution < -0.4 is 0 Å². The topological polar surface area (TPSA) is 93.1 Å². The third kappa shape index (κ3) is 40.7. The number of rotatable bonds is 39. The highest BCUT2D eigenvalue weighted by atomic mass is 16.6. The lowest BCUT2D eigenvalue weighted by molar-refractivity contribution is -0.152. The van der Waals surface area contributed by atoms with Gasteiger partial charge in [-0.25, -0.2) is 0 Å². The second-order valence-electron chi connectivity index (χ2n) is 15.2. The predicted octanol–water partition coefficient (Wildman–Crippen LogP) is 13.2. The molecule has 0 radical (unpaired) electrons. The van der Waals surface area contributed by atoms with Crippen LogP contribution in [0.5, 0.6) is 0 Å². The lowest BCUT2D eigenvalue weighted by Crippen LogP contribution is -2.25. The Kier molecular flexibility index (Phi) is 39.8. The third-order valence-electron chi connectivity index (χ3n) is 9.91. The number of ether oxygens (including phenoxy) is 2. The van der Waals surface area contributed by atoms with Crippen molar-refractivity contribution >= 4 is 11.9 Å². The Hall–Kier alpha value is -2.44. The first kappa shape index (κ1) is 51.6. The quantitative estimate of drug-likeness (QED) is 0.0281. The van der Waals surface area contributed by atoms with E-state index in [1.807, 2.05) is 18.2 Å². The molecule has 0 aromatic heterocycles. The zero-order valence-electron chi connectivity index (χ0n) is 35.2. The van der Waals surface area contributed by atoms with Crippen LogP contribution in [0.15, 0.2) is 60.8 Å². The first-order valence-electron chi connectivity index (χ1n) is 22.3. The third-order valence-corrected chi connectivity index (χ3v) is 9.91. The van der Waals surface area contributed by atoms with Crippen molar-refractivity contribution in [2.24, 2.45) is 5.92 Å². The van der Waals surface area contributed by atoms with Crippen LogP contribution in [0.1, 0.15) is 201 Å². The molecule has 0 aliphatic heterocycles. The molecule has 0 amide bonds. The summed E-state index contributed by atoms with van der Waals surface area (Å²) in [5.74, 6) is 0.149. The van der Waals surface area contributed by atoms with Gasteiger partial charge in [0.15, 0.2) is 0 Å². The van der Waals surface area contributed by atoms with Crippen molar-refractivity contribution in [3.63, 3.8) is 0 Å². The maximum absolute atomic E-state index is 12.0. The molecule has 312 valence electrons. The van der Waals surface area contributed by atoms with Gasteiger partial charge in [0.05, 0.1) is 6.10 Å². The Morgan fingerprint density at radius 3 is 1.37 bits per heavy atom. The molecule has 0 bridgehead atoms. The minimum atomic E-state index is -1.04. The average Bonchev–Trinajstić information content (AvgIpc) is 3.17. The highest BCUT2D eigenvalue weighted by Gasteiger charge is 2.12. The molecule has 54 heavy (non-hydrogen) atoms. The SMILES string of the molecule is CC/C=C\C/C=C\C/C=C\C/C=C\C=C\C(O)CCCC(=O)OC[C@@H](O)COC(=O)CCCCCCCCCCCCCCCCCCCCC(C)CC. The number of allylic oxidation sites excluding steroid dienone is 9. The van der Waals surface area contributed by atoms with E-state index < -0.39 is 18.2 Å². The van der Waals surface area contributed by atoms with Gasteiger partial charge < -0.3 is 19.7 Å². The Bertz CT molecular complexity index is 980. The lowest BCUT2D eigenvalue weighted by atomic mass is 9.99. The maximum Gasteiger partial charge on any atom is 0.305 e. The first-order valence-corrected chi connectivity index (χ1v) is 22.3. The summed E-state index contributed by atoms with van der Waals surface area (Å²) in [5, 5.41) is 20.1. The van der Waals surface area contributed by atoms with Gasteiger partial charge in [0.2, 0.25) is 0 Å². The minimum absolute atomic E-state index is 0.153. The van der Waals surface area contributed by atoms with Crippen LogP contribution in [0, 0.1) is 5.92 Å². The minimum Gasteiger partial charge on any atom is -0.463 e. The van der Waals surface area contributed by atoms with Crippen molar-refractivity contribution in [3.05, 3.63) is 60.8 Å². The first-order chi connectivity index (χ1) is 26.4. The molecule has 0 aromatic carbocycles. The van der Waals surface area contributed by atoms with E-state index in [1.54, 1.807) is 6.08 Å². The van der Waals surface area contributed by atoms with Gasteiger partial charge in [0.1, 0.15) is 19.3 Å². The average molecular weight is 757 g/mol. The molecule has 0 aliphatic rings. The van der Waals surface area contributed by atoms with Crippen molar-refractivity contribution in [1.82, 2.24) is 0 Å². The normalized spacial score (nSPS) is 13.9. The Balaban J connectivity index is 3.56. The van der Waals surface area contributed by atoms with Crippen LogP contribution >= 0.6 is 0 Å². The number of esters is 2. The van der Waals surface area contributed by atoms with Crippen molar-refractivity contribution in [2.75, 3.05) is 13.2 Å². The van der Waals surface area contributed by atoms with Gasteiger partial charge in [-0.1, -0.05) is 204 Å². The summed E-state index contributed by atoms with van der Waals surface area (Å²) in [4.78, 5) is 24.0. The molecule has 0 aliphatic carbocycles. The largest absolute Gasteiger partial charge is 0.463 e. The van der Waals surface area contributed by atoms with Crippen LogP contribution in [0.4, 0.5) is 0 Å². The zero-order chi connectivity index (χ0) is 39.6. The standard InChI is InChI=1S/C48H84O6/c1-4-6-7-8-9-10-11-18-22-25-28-31-34-38-45(49)39-36-41-48(52)54-43-46(50)42-53-47(51)40-35-32-29-26-23-20-17-15-13-12-14-16-19-21-24-27-30-33-37-44(3)5-2/h6-7,9-10,18,22,28,31,34,38,44-46,49-50H,4-5,8,11-17,19-21,23-27,29-30,32-33,35-37,39-43H2,1-3H3/b7-6-,10-9-,22-18-,31-28-,38-34+/t44?,45?,46-/m0/s1. The summed E-state index contributed by atoms with van der Waals surface area (Å²) in [5.41, 5.74) is 0. The van der Waals surface area contributed by atoms with E-state index in [9.17, 15) is 19.8 Å². The zero-order valence-corrected chi connectivity index (χ0v) is 35.2. The molecule has 0 heterocycles. The number of hydrogen-bond acceptors (Lipinski definition) is 6. The Morgan fingerprint density at radius 2 is 0.907 bits per heavy atom. The summed E-state index contributed by atoms with van der Waals surface area (Å²) in [6, 6.07) is 0. The molecular formula is C48H84O6. The van der Waals surface area contributed by atoms with Gasteiger partial charge in [-0.05, 0) is 50.9 Å². The fraction of sp³-hybridized carbons (Fsp3) is 0.750. The molecule has 2 unspecified atom stereocenters. The van der Waals surface area contributed by atoms with E-state index in [4.69, 9.17) is 9.47 Å². The van der Waals surface area contributed by atoms with Gasteiger partial charge in [-0.15, -0.1) is 0 Å². The highest BCUT2D eigenvalue weighted by Crippen LogP contribution is 2.17. The molecule has 2 N–H and O–H groups in total. The van der Waals surface area contributed by atoms with Crippen LogP contribution in [-0.4, -0.2) is 47.6 Å². The number of carbonyl (C=O) groups is 2. The van der Waals surface area contributed by atoms with Crippen molar-refractivity contribution in [2.45, 2.75) is 213 Å². The summed E-state index contributed by atoms with van der Waals surface area (Å²) in [6.07, 6.45) is 50.3. The van der Waals surface area contributed by atoms with Gasteiger partial charge in [-0.3, -0.25) is 9.59 Å². The van der Waals surface area contributed by atoms with Gasteiger partial charge >= 0.3 is 11.9 Å². The fourth-order valence-corrected chi connectivity index (χ4v) is 6.15. The molecule has 3 atom stereocenters. The van der Waals surface area contributed by atoms with E-state index in [-0.39, 0.29) is 25.6 Å². The van der Waals surface area contributed by atoms with E-state index in [0.29, 0.717) is 19.3 Å². The van der Waals surface area contributed by atoms with Crippen molar-refractivity contribution < 1.29 is 29.3 Å². The second kappa shape index (κ2) is 41.7. The van der Waals surface area contributed by atoms with E-state index in [2.05, 4.69) is 57.2 Å². The van der Waals surface area contributed by atoms with Gasteiger partial charge in [0, 0.05) is 12.8 Å². The molecule has 0 aromatic rings. The summed E-state index contributed by atoms with van der Waals surface area (Å²) in [6.45, 7) is 6.43. The number of aliphatic hydroxyl groups is 2. The number of aliphatic hydroxyl groups excluding tert-OH is 2. The Labute approximate surface area is 333 Å². The van der Waals surface area contributed by atoms with Crippen LogP contribution in [0.25, 0.3) is 0 Å². The van der Waals surface area contributed by atoms with Gasteiger partial charge in [0.25, 0.3) is 0 Å². The number of hydrogen-bond donors (Lipinski definition) is 2. The summed E-state index contributed by atoms with van der Waals surface area (Å²) < 4.78 is 10.3. The molecule has 0 fully saturated rings. The maximum atomic E-state index is 12.0. The van der Waals surface area contributed by atoms with E-state index >= 15 is 0 Å². The van der Waals surface area contributed by atoms with Crippen LogP contribution in [0.3, 0.4) is 0 Å². The van der Waals surface area contributed by atoms with Crippen molar-refractivity contribution in [3.8, 4) is 0 Å². The molecule has 6 heteroatoms. The molecule has 0 rings (SSSR count). The van der Waals surface area contributed by atoms with Crippen molar-refractivity contribution in [1.29, 1.82) is 0 Å². The second-order valence-corrected chi connectivity index (χ2v) is 15.2. The molecule has 0 saturated carbocycles. The smallest absolute Gasteiger partial charge is 0.305 e. The molecule has 6 nitrogen and oxygen atoms in total. The van der Waals surface area contributed by atoms with Crippen LogP contribution in [-0.2, 0) is 19.1 Å². The number of carbonyl (C=O) groups excluding carboxylic acids is 2. The fourth-order valence-electron chi connectivity index (χ4n) is 6.15. The van der Waals surface area contributed by atoms with E-state index in [1.165, 1.54) is 109 Å². The Morgan fingerprint density at radius 1 is 0.500 bits per heavy atom. The lowest BCUT2D eigenvalue weighted by Gasteiger charge is -2.12. The monoisotopic (exact) mass is 757 g/mol. The molecule has 0 saturated heterocycles. The molecule has 0 spiro atoms. The number of unbranched alkanes of at least 4 members (excludes halogenated alkanes) is 17. The molecular weight excluding hydrogens is 673 g/mol. The van der Waals surface area contributed by atoms with E-state index in [0.717, 1.165) is 50.9 Å². The summed E-state index contributed by atoms with van der Waals surface area (Å²) in [7, 11) is 0. The highest BCUT2D eigenvalue weighted by molar-refractivity contribution is 5.69. The van der Waals surface area contributed by atoms with Crippen LogP contribution in [0.2, 0.25) is 0 Å². The van der Waals surface area contributed by atoms with Gasteiger partial charge in [-0.2, -0.15) is 0 Å². The predicted molar refractivity (Wildman–Crippen MR) is 229 cm³/mol.